The fourth-order valence-corrected chi connectivity index (χ4v) is 4.25. The molecule has 1 N–H and O–H groups in total. The Balaban J connectivity index is 1.66. The van der Waals surface area contributed by atoms with Crippen LogP contribution in [0.25, 0.3) is 0 Å². The van der Waals surface area contributed by atoms with E-state index in [2.05, 4.69) is 10.3 Å². The molecule has 0 saturated carbocycles. The van der Waals surface area contributed by atoms with Crippen molar-refractivity contribution >= 4 is 40.6 Å². The van der Waals surface area contributed by atoms with E-state index in [1.54, 1.807) is 46.6 Å². The van der Waals surface area contributed by atoms with E-state index in [9.17, 15) is 9.59 Å². The van der Waals surface area contributed by atoms with Gasteiger partial charge in [0.2, 0.25) is 0 Å². The third-order valence-electron chi connectivity index (χ3n) is 4.75. The zero-order valence-electron chi connectivity index (χ0n) is 17.8. The quantitative estimate of drug-likeness (QED) is 0.672. The first-order valence-corrected chi connectivity index (χ1v) is 11.3. The van der Waals surface area contributed by atoms with Crippen molar-refractivity contribution < 1.29 is 19.1 Å². The van der Waals surface area contributed by atoms with Crippen molar-refractivity contribution in [3.8, 4) is 0 Å². The Morgan fingerprint density at radius 2 is 1.97 bits per heavy atom. The Labute approximate surface area is 191 Å². The summed E-state index contributed by atoms with van der Waals surface area (Å²) in [4.78, 5) is 33.5. The maximum atomic E-state index is 12.9. The van der Waals surface area contributed by atoms with Gasteiger partial charge in [-0.05, 0) is 38.1 Å². The molecule has 1 aliphatic heterocycles. The lowest BCUT2D eigenvalue weighted by atomic mass is 10.2. The van der Waals surface area contributed by atoms with Crippen molar-refractivity contribution in [1.82, 2.24) is 14.8 Å². The first kappa shape index (κ1) is 23.5. The molecule has 10 heteroatoms. The van der Waals surface area contributed by atoms with E-state index < -0.39 is 0 Å². The van der Waals surface area contributed by atoms with Crippen molar-refractivity contribution in [3.63, 3.8) is 0 Å². The minimum atomic E-state index is -0.279. The molecule has 0 radical (unpaired) electrons. The second kappa shape index (κ2) is 10.9. The molecule has 2 heterocycles. The molecule has 2 aromatic rings. The molecular weight excluding hydrogens is 440 g/mol. The van der Waals surface area contributed by atoms with Crippen LogP contribution in [0, 0.1) is 0 Å². The molecule has 8 nitrogen and oxygen atoms in total. The zero-order chi connectivity index (χ0) is 22.4. The normalized spacial score (nSPS) is 18.6. The molecular formula is C21H27ClN4O4S. The molecule has 2 atom stereocenters. The van der Waals surface area contributed by atoms with Crippen LogP contribution in [0.4, 0.5) is 10.5 Å². The number of methoxy groups -OCH3 is 1. The average Bonchev–Trinajstić information content (AvgIpc) is 3.20. The summed E-state index contributed by atoms with van der Waals surface area (Å²) in [5.74, 6) is -0.112. The van der Waals surface area contributed by atoms with Crippen LogP contribution in [-0.4, -0.2) is 72.3 Å². The monoisotopic (exact) mass is 466 g/mol. The first-order chi connectivity index (χ1) is 14.9. The number of hydrogen-bond acceptors (Lipinski definition) is 6. The van der Waals surface area contributed by atoms with Crippen LogP contribution in [0.3, 0.4) is 0 Å². The number of urea groups is 1. The van der Waals surface area contributed by atoms with E-state index in [0.29, 0.717) is 47.7 Å². The highest BCUT2D eigenvalue weighted by Crippen LogP contribution is 2.19. The van der Waals surface area contributed by atoms with Gasteiger partial charge in [-0.15, -0.1) is 11.3 Å². The highest BCUT2D eigenvalue weighted by Gasteiger charge is 2.28. The molecule has 31 heavy (non-hydrogen) atoms. The summed E-state index contributed by atoms with van der Waals surface area (Å²) in [5, 5.41) is 5.87. The van der Waals surface area contributed by atoms with E-state index in [4.69, 9.17) is 21.1 Å². The number of carbonyl (C=O) groups is 2. The molecule has 1 aromatic heterocycles. The molecule has 1 fully saturated rings. The topological polar surface area (TPSA) is 84.0 Å². The Hall–Kier alpha value is -2.20. The van der Waals surface area contributed by atoms with Crippen molar-refractivity contribution in [1.29, 1.82) is 0 Å². The Bertz CT molecular complexity index is 882. The van der Waals surface area contributed by atoms with Gasteiger partial charge >= 0.3 is 6.03 Å². The second-order valence-corrected chi connectivity index (χ2v) is 8.82. The van der Waals surface area contributed by atoms with Crippen LogP contribution in [0.15, 0.2) is 29.6 Å². The Kier molecular flexibility index (Phi) is 8.25. The smallest absolute Gasteiger partial charge is 0.322 e. The van der Waals surface area contributed by atoms with Crippen LogP contribution in [-0.2, 0) is 16.0 Å². The molecule has 3 amide bonds. The number of anilines is 1. The number of hydrogen-bond donors (Lipinski definition) is 1. The third-order valence-corrected chi connectivity index (χ3v) is 5.84. The van der Waals surface area contributed by atoms with Gasteiger partial charge < -0.3 is 24.6 Å². The van der Waals surface area contributed by atoms with E-state index in [-0.39, 0.29) is 30.7 Å². The summed E-state index contributed by atoms with van der Waals surface area (Å²) in [5.41, 5.74) is 1.04. The molecule has 1 saturated heterocycles. The van der Waals surface area contributed by atoms with Gasteiger partial charge in [-0.25, -0.2) is 9.78 Å². The maximum absolute atomic E-state index is 12.9. The summed E-state index contributed by atoms with van der Waals surface area (Å²) in [6, 6.07) is 6.61. The van der Waals surface area contributed by atoms with Crippen molar-refractivity contribution in [2.75, 3.05) is 38.7 Å². The van der Waals surface area contributed by atoms with Gasteiger partial charge in [-0.2, -0.15) is 0 Å². The van der Waals surface area contributed by atoms with Gasteiger partial charge in [0.25, 0.3) is 5.91 Å². The maximum Gasteiger partial charge on any atom is 0.322 e. The van der Waals surface area contributed by atoms with Gasteiger partial charge in [0.1, 0.15) is 10.7 Å². The predicted octanol–water partition coefficient (Wildman–Crippen LogP) is 3.73. The molecule has 1 aromatic carbocycles. The van der Waals surface area contributed by atoms with Gasteiger partial charge in [0.05, 0.1) is 25.4 Å². The highest BCUT2D eigenvalue weighted by atomic mass is 35.5. The van der Waals surface area contributed by atoms with Gasteiger partial charge in [-0.1, -0.05) is 11.6 Å². The van der Waals surface area contributed by atoms with Crippen LogP contribution in [0.5, 0.6) is 0 Å². The number of halogens is 1. The first-order valence-electron chi connectivity index (χ1n) is 10.0. The number of nitrogens with zero attached hydrogens (tertiary/aromatic N) is 3. The fourth-order valence-electron chi connectivity index (χ4n) is 3.34. The Morgan fingerprint density at radius 1 is 1.29 bits per heavy atom. The summed E-state index contributed by atoms with van der Waals surface area (Å²) >= 11 is 7.26. The summed E-state index contributed by atoms with van der Waals surface area (Å²) in [6.45, 7) is 6.03. The number of benzene rings is 1. The zero-order valence-corrected chi connectivity index (χ0v) is 19.4. The van der Waals surface area contributed by atoms with Crippen LogP contribution >= 0.6 is 22.9 Å². The second-order valence-electron chi connectivity index (χ2n) is 7.45. The molecule has 0 bridgehead atoms. The lowest BCUT2D eigenvalue weighted by Gasteiger charge is -2.34. The van der Waals surface area contributed by atoms with E-state index in [1.165, 1.54) is 11.3 Å². The standard InChI is InChI=1S/C21H27ClN4O4S/c1-14-10-26(11-15(2)30-14)20(27)18-13-31-19(24-18)12-25(8-9-29-3)21(28)23-17-6-4-16(22)5-7-17/h4-7,13-15H,8-12H2,1-3H3,(H,23,28). The van der Waals surface area contributed by atoms with E-state index in [0.717, 1.165) is 0 Å². The summed E-state index contributed by atoms with van der Waals surface area (Å²) in [7, 11) is 1.58. The predicted molar refractivity (Wildman–Crippen MR) is 121 cm³/mol. The minimum absolute atomic E-state index is 0.00750. The lowest BCUT2D eigenvalue weighted by Crippen LogP contribution is -2.48. The summed E-state index contributed by atoms with van der Waals surface area (Å²) in [6.07, 6.45) is -0.0150. The molecule has 0 aliphatic carbocycles. The summed E-state index contributed by atoms with van der Waals surface area (Å²) < 4.78 is 10.8. The fraction of sp³-hybridized carbons (Fsp3) is 0.476. The number of nitrogens with one attached hydrogen (secondary N) is 1. The van der Waals surface area contributed by atoms with E-state index >= 15 is 0 Å². The van der Waals surface area contributed by atoms with Gasteiger partial charge in [0.15, 0.2) is 0 Å². The van der Waals surface area contributed by atoms with E-state index in [1.807, 2.05) is 13.8 Å². The van der Waals surface area contributed by atoms with Crippen LogP contribution in [0.1, 0.15) is 29.3 Å². The molecule has 2 unspecified atom stereocenters. The molecule has 0 spiro atoms. The van der Waals surface area contributed by atoms with Crippen LogP contribution in [0.2, 0.25) is 5.02 Å². The number of ether oxygens (including phenoxy) is 2. The minimum Gasteiger partial charge on any atom is -0.383 e. The number of aromatic nitrogens is 1. The van der Waals surface area contributed by atoms with Crippen molar-refractivity contribution in [2.24, 2.45) is 0 Å². The van der Waals surface area contributed by atoms with Crippen molar-refractivity contribution in [2.45, 2.75) is 32.6 Å². The number of thiazole rings is 1. The van der Waals surface area contributed by atoms with Gasteiger partial charge in [-0.3, -0.25) is 4.79 Å². The van der Waals surface area contributed by atoms with Gasteiger partial charge in [0, 0.05) is 42.8 Å². The van der Waals surface area contributed by atoms with Crippen LogP contribution < -0.4 is 5.32 Å². The molecule has 1 aliphatic rings. The number of carbonyl (C=O) groups excluding carboxylic acids is 2. The lowest BCUT2D eigenvalue weighted by molar-refractivity contribution is -0.0587. The number of rotatable bonds is 7. The average molecular weight is 467 g/mol. The molecule has 3 rings (SSSR count). The largest absolute Gasteiger partial charge is 0.383 e. The Morgan fingerprint density at radius 3 is 2.61 bits per heavy atom. The highest BCUT2D eigenvalue weighted by molar-refractivity contribution is 7.09. The number of morpholine rings is 1. The molecule has 168 valence electrons. The van der Waals surface area contributed by atoms with Crippen molar-refractivity contribution in [3.05, 3.63) is 45.4 Å². The third kappa shape index (κ3) is 6.64. The number of amides is 3. The SMILES string of the molecule is COCCN(Cc1nc(C(=O)N2CC(C)OC(C)C2)cs1)C(=O)Nc1ccc(Cl)cc1.